The number of nitrogens with one attached hydrogen (secondary N) is 1. The molecule has 2 fully saturated rings. The predicted molar refractivity (Wildman–Crippen MR) is 114 cm³/mol. The van der Waals surface area contributed by atoms with Crippen molar-refractivity contribution in [2.24, 2.45) is 18.0 Å². The summed E-state index contributed by atoms with van der Waals surface area (Å²) in [6.07, 6.45) is 9.14. The molecule has 2 atom stereocenters. The number of hydrogen-bond donors (Lipinski definition) is 1. The van der Waals surface area contributed by atoms with Crippen molar-refractivity contribution in [2.75, 3.05) is 46.4 Å². The van der Waals surface area contributed by atoms with Crippen molar-refractivity contribution in [3.8, 4) is 0 Å². The minimum atomic E-state index is 0.0504. The largest absolute Gasteiger partial charge is 0.370 e. The highest BCUT2D eigenvalue weighted by atomic mass is 16.5. The van der Waals surface area contributed by atoms with Crippen molar-refractivity contribution in [2.45, 2.75) is 51.7 Å². The summed E-state index contributed by atoms with van der Waals surface area (Å²) in [5, 5.41) is 7.99. The zero-order valence-corrected chi connectivity index (χ0v) is 18.1. The molecule has 3 heterocycles. The van der Waals surface area contributed by atoms with Gasteiger partial charge >= 0.3 is 0 Å². The Balaban J connectivity index is 1.62. The fourth-order valence-electron chi connectivity index (χ4n) is 4.68. The number of aromatic nitrogens is 2. The van der Waals surface area contributed by atoms with Crippen LogP contribution < -0.4 is 5.32 Å². The summed E-state index contributed by atoms with van der Waals surface area (Å²) in [5.74, 6) is 1.73. The number of aliphatic imine (C=N–C) groups is 1. The second-order valence-electron chi connectivity index (χ2n) is 8.07. The van der Waals surface area contributed by atoms with Crippen LogP contribution in [-0.2, 0) is 11.8 Å². The van der Waals surface area contributed by atoms with Crippen molar-refractivity contribution >= 4 is 5.96 Å². The third kappa shape index (κ3) is 5.06. The molecule has 2 unspecified atom stereocenters. The number of nitrogens with zero attached hydrogens (tertiary/aromatic N) is 5. The van der Waals surface area contributed by atoms with Crippen molar-refractivity contribution in [3.05, 3.63) is 18.0 Å². The summed E-state index contributed by atoms with van der Waals surface area (Å²) in [5.41, 5.74) is 1.13. The van der Waals surface area contributed by atoms with Crippen LogP contribution >= 0.6 is 0 Å². The van der Waals surface area contributed by atoms with Gasteiger partial charge in [-0.3, -0.25) is 14.6 Å². The van der Waals surface area contributed by atoms with E-state index in [4.69, 9.17) is 4.74 Å². The van der Waals surface area contributed by atoms with Gasteiger partial charge in [-0.2, -0.15) is 5.10 Å². The van der Waals surface area contributed by atoms with Gasteiger partial charge in [-0.1, -0.05) is 26.7 Å². The highest BCUT2D eigenvalue weighted by Crippen LogP contribution is 2.24. The summed E-state index contributed by atoms with van der Waals surface area (Å²) in [6.45, 7) is 10.5. The molecular formula is C21H38N6O. The first-order valence-electron chi connectivity index (χ1n) is 11.0. The normalized spacial score (nSPS) is 22.8. The zero-order valence-electron chi connectivity index (χ0n) is 18.1. The van der Waals surface area contributed by atoms with Gasteiger partial charge in [0.2, 0.25) is 0 Å². The number of hydrogen-bond acceptors (Lipinski definition) is 4. The topological polar surface area (TPSA) is 57.9 Å². The number of rotatable bonds is 7. The second kappa shape index (κ2) is 10.3. The van der Waals surface area contributed by atoms with Crippen molar-refractivity contribution in [1.82, 2.24) is 24.9 Å². The summed E-state index contributed by atoms with van der Waals surface area (Å²) < 4.78 is 7.83. The maximum Gasteiger partial charge on any atom is 0.193 e. The first-order chi connectivity index (χ1) is 13.7. The Morgan fingerprint density at radius 3 is 2.64 bits per heavy atom. The van der Waals surface area contributed by atoms with E-state index in [-0.39, 0.29) is 6.10 Å². The van der Waals surface area contributed by atoms with Crippen LogP contribution in [0.2, 0.25) is 0 Å². The van der Waals surface area contributed by atoms with Gasteiger partial charge in [0.15, 0.2) is 5.96 Å². The lowest BCUT2D eigenvalue weighted by Crippen LogP contribution is -2.53. The van der Waals surface area contributed by atoms with Crippen LogP contribution in [0.4, 0.5) is 0 Å². The molecule has 0 aliphatic carbocycles. The van der Waals surface area contributed by atoms with E-state index in [2.05, 4.69) is 39.1 Å². The Labute approximate surface area is 170 Å². The zero-order chi connectivity index (χ0) is 19.9. The number of likely N-dealkylation sites (tertiary alicyclic amines) is 1. The lowest BCUT2D eigenvalue weighted by molar-refractivity contribution is -0.00819. The second-order valence-corrected chi connectivity index (χ2v) is 8.07. The molecule has 7 heteroatoms. The lowest BCUT2D eigenvalue weighted by Gasteiger charge is -2.37. The lowest BCUT2D eigenvalue weighted by atomic mass is 9.93. The molecule has 0 aromatic carbocycles. The highest BCUT2D eigenvalue weighted by molar-refractivity contribution is 5.80. The van der Waals surface area contributed by atoms with E-state index in [9.17, 15) is 0 Å². The molecule has 2 aliphatic heterocycles. The summed E-state index contributed by atoms with van der Waals surface area (Å²) in [7, 11) is 3.83. The Morgan fingerprint density at radius 2 is 2.04 bits per heavy atom. The molecule has 2 aliphatic rings. The van der Waals surface area contributed by atoms with E-state index in [0.717, 1.165) is 37.1 Å². The van der Waals surface area contributed by atoms with Gasteiger partial charge in [0.05, 0.1) is 19.3 Å². The average molecular weight is 391 g/mol. The first-order valence-corrected chi connectivity index (χ1v) is 11.0. The number of ether oxygens (including phenoxy) is 1. The van der Waals surface area contributed by atoms with Crippen LogP contribution in [-0.4, -0.2) is 78.0 Å². The number of aryl methyl sites for hydroxylation is 1. The van der Waals surface area contributed by atoms with Crippen molar-refractivity contribution in [3.63, 3.8) is 0 Å². The minimum Gasteiger partial charge on any atom is -0.370 e. The molecule has 28 heavy (non-hydrogen) atoms. The molecule has 0 amide bonds. The summed E-state index contributed by atoms with van der Waals surface area (Å²) in [4.78, 5) is 9.61. The van der Waals surface area contributed by atoms with E-state index in [1.165, 1.54) is 38.8 Å². The fraction of sp³-hybridized carbons (Fsp3) is 0.810. The third-order valence-corrected chi connectivity index (χ3v) is 6.35. The Hall–Kier alpha value is -1.60. The van der Waals surface area contributed by atoms with Crippen LogP contribution in [0.25, 0.3) is 0 Å². The van der Waals surface area contributed by atoms with E-state index in [0.29, 0.717) is 12.6 Å². The molecule has 0 radical (unpaired) electrons. The Morgan fingerprint density at radius 1 is 1.29 bits per heavy atom. The van der Waals surface area contributed by atoms with Gasteiger partial charge in [-0.15, -0.1) is 0 Å². The first kappa shape index (κ1) is 21.1. The van der Waals surface area contributed by atoms with Crippen LogP contribution in [0, 0.1) is 5.92 Å². The van der Waals surface area contributed by atoms with Gasteiger partial charge in [0.1, 0.15) is 6.10 Å². The average Bonchev–Trinajstić information content (AvgIpc) is 3.40. The molecular weight excluding hydrogens is 352 g/mol. The quantitative estimate of drug-likeness (QED) is 0.572. The molecule has 1 N–H and O–H groups in total. The fourth-order valence-corrected chi connectivity index (χ4v) is 4.68. The minimum absolute atomic E-state index is 0.0504. The maximum atomic E-state index is 6.00. The standard InChI is InChI=1S/C21H38N6O/c1-5-17(6-2)19(26-9-7-8-10-26)14-23-21(22-3)27-11-12-28-20(16-27)18-13-24-25(4)15-18/h13,15,17,19-20H,5-12,14,16H2,1-4H3,(H,22,23). The van der Waals surface area contributed by atoms with E-state index in [1.54, 1.807) is 0 Å². The molecule has 1 aromatic rings. The van der Waals surface area contributed by atoms with Gasteiger partial charge in [0.25, 0.3) is 0 Å². The summed E-state index contributed by atoms with van der Waals surface area (Å²) in [6, 6.07) is 0.587. The van der Waals surface area contributed by atoms with Crippen LogP contribution in [0.15, 0.2) is 17.4 Å². The molecule has 3 rings (SSSR count). The van der Waals surface area contributed by atoms with Crippen molar-refractivity contribution < 1.29 is 4.74 Å². The summed E-state index contributed by atoms with van der Waals surface area (Å²) >= 11 is 0. The molecule has 0 spiro atoms. The number of guanidine groups is 1. The molecule has 0 saturated carbocycles. The third-order valence-electron chi connectivity index (χ3n) is 6.35. The smallest absolute Gasteiger partial charge is 0.193 e. The monoisotopic (exact) mass is 390 g/mol. The van der Waals surface area contributed by atoms with Crippen LogP contribution in [0.1, 0.15) is 51.2 Å². The highest BCUT2D eigenvalue weighted by Gasteiger charge is 2.29. The number of morpholine rings is 1. The predicted octanol–water partition coefficient (Wildman–Crippen LogP) is 2.27. The molecule has 7 nitrogen and oxygen atoms in total. The molecule has 158 valence electrons. The van der Waals surface area contributed by atoms with E-state index >= 15 is 0 Å². The Bertz CT molecular complexity index is 618. The van der Waals surface area contributed by atoms with Crippen LogP contribution in [0.5, 0.6) is 0 Å². The molecule has 2 saturated heterocycles. The van der Waals surface area contributed by atoms with Gasteiger partial charge in [-0.25, -0.2) is 0 Å². The van der Waals surface area contributed by atoms with E-state index in [1.807, 2.05) is 31.2 Å². The maximum absolute atomic E-state index is 6.00. The Kier molecular flexibility index (Phi) is 7.73. The van der Waals surface area contributed by atoms with E-state index < -0.39 is 0 Å². The van der Waals surface area contributed by atoms with Crippen molar-refractivity contribution in [1.29, 1.82) is 0 Å². The molecule has 0 bridgehead atoms. The van der Waals surface area contributed by atoms with Gasteiger partial charge in [0, 0.05) is 45.0 Å². The van der Waals surface area contributed by atoms with Gasteiger partial charge in [-0.05, 0) is 31.8 Å². The van der Waals surface area contributed by atoms with Crippen LogP contribution in [0.3, 0.4) is 0 Å². The molecule has 1 aromatic heterocycles. The van der Waals surface area contributed by atoms with Gasteiger partial charge < -0.3 is 15.0 Å². The SMILES string of the molecule is CCC(CC)C(CNC(=NC)N1CCOC(c2cnn(C)c2)C1)N1CCCC1.